The van der Waals surface area contributed by atoms with E-state index in [2.05, 4.69) is 9.97 Å². The molecule has 0 aliphatic carbocycles. The van der Waals surface area contributed by atoms with Crippen molar-refractivity contribution in [3.63, 3.8) is 0 Å². The molecule has 7 heteroatoms. The molecule has 0 fully saturated rings. The van der Waals surface area contributed by atoms with E-state index in [-0.39, 0.29) is 17.1 Å². The van der Waals surface area contributed by atoms with E-state index in [4.69, 9.17) is 5.26 Å². The topological polar surface area (TPSA) is 69.5 Å². The van der Waals surface area contributed by atoms with Crippen molar-refractivity contribution >= 4 is 33.2 Å². The molecule has 0 atom stereocenters. The predicted molar refractivity (Wildman–Crippen MR) is 82.1 cm³/mol. The fourth-order valence-corrected chi connectivity index (χ4v) is 3.24. The molecule has 4 nitrogen and oxygen atoms in total. The first kappa shape index (κ1) is 13.8. The molecule has 0 aliphatic heterocycles. The van der Waals surface area contributed by atoms with Gasteiger partial charge in [0.2, 0.25) is 0 Å². The lowest BCUT2D eigenvalue weighted by molar-refractivity contribution is 0.640. The molecule has 0 spiro atoms. The Morgan fingerprint density at radius 1 is 1.48 bits per heavy atom. The van der Waals surface area contributed by atoms with Gasteiger partial charge in [-0.25, -0.2) is 9.37 Å². The molecule has 0 unspecified atom stereocenters. The number of aromatic nitrogens is 2. The summed E-state index contributed by atoms with van der Waals surface area (Å²) in [4.78, 5) is 18.7. The first-order chi connectivity index (χ1) is 10.1. The average Bonchev–Trinajstić information content (AvgIpc) is 2.95. The van der Waals surface area contributed by atoms with E-state index in [9.17, 15) is 9.18 Å². The second kappa shape index (κ2) is 5.31. The number of hydrogen-bond acceptors (Lipinski definition) is 5. The summed E-state index contributed by atoms with van der Waals surface area (Å²) < 4.78 is 14.8. The zero-order valence-electron chi connectivity index (χ0n) is 10.8. The van der Waals surface area contributed by atoms with Gasteiger partial charge in [-0.15, -0.1) is 11.3 Å². The number of halogens is 1. The number of nitrogens with one attached hydrogen (secondary N) is 1. The molecule has 2 aromatic heterocycles. The lowest BCUT2D eigenvalue weighted by Crippen LogP contribution is -2.14. The van der Waals surface area contributed by atoms with E-state index in [1.165, 1.54) is 29.2 Å². The van der Waals surface area contributed by atoms with Gasteiger partial charge < -0.3 is 4.98 Å². The number of thiophene rings is 1. The summed E-state index contributed by atoms with van der Waals surface area (Å²) in [5, 5.41) is 11.9. The van der Waals surface area contributed by atoms with Crippen LogP contribution < -0.4 is 5.56 Å². The number of H-pyrrole nitrogens is 1. The summed E-state index contributed by atoms with van der Waals surface area (Å²) in [7, 11) is 0. The van der Waals surface area contributed by atoms with Gasteiger partial charge in [-0.1, -0.05) is 11.8 Å². The maximum atomic E-state index is 14.1. The molecule has 0 saturated heterocycles. The van der Waals surface area contributed by atoms with Gasteiger partial charge in [0.05, 0.1) is 5.69 Å². The highest BCUT2D eigenvalue weighted by molar-refractivity contribution is 7.98. The van der Waals surface area contributed by atoms with E-state index in [0.717, 1.165) is 4.70 Å². The van der Waals surface area contributed by atoms with E-state index < -0.39 is 5.56 Å². The Bertz CT molecular complexity index is 940. The van der Waals surface area contributed by atoms with Crippen molar-refractivity contribution in [3.8, 4) is 17.3 Å². The number of rotatable bonds is 2. The van der Waals surface area contributed by atoms with Crippen molar-refractivity contribution in [1.29, 1.82) is 5.26 Å². The Hall–Kier alpha value is -2.17. The molecule has 0 aliphatic rings. The molecule has 3 rings (SSSR count). The van der Waals surface area contributed by atoms with Crippen LogP contribution in [0.4, 0.5) is 4.39 Å². The highest BCUT2D eigenvalue weighted by atomic mass is 32.2. The molecule has 3 aromatic rings. The van der Waals surface area contributed by atoms with Crippen LogP contribution >= 0.6 is 23.1 Å². The van der Waals surface area contributed by atoms with Crippen molar-refractivity contribution in [2.24, 2.45) is 0 Å². The summed E-state index contributed by atoms with van der Waals surface area (Å²) in [6, 6.07) is 6.59. The standard InChI is InChI=1S/C14H8FN3OS2/c1-20-14-17-12(9(6-16)13(19)18-14)7-4-10(15)8-2-3-21-11(8)5-7/h2-5H,1H3,(H,17,18,19). The third kappa shape index (κ3) is 2.33. The van der Waals surface area contributed by atoms with Gasteiger partial charge in [-0.3, -0.25) is 4.79 Å². The zero-order chi connectivity index (χ0) is 15.0. The largest absolute Gasteiger partial charge is 0.300 e. The first-order valence-electron chi connectivity index (χ1n) is 5.89. The lowest BCUT2D eigenvalue weighted by atomic mass is 10.1. The number of nitrogens with zero attached hydrogens (tertiary/aromatic N) is 2. The number of benzene rings is 1. The van der Waals surface area contributed by atoms with Gasteiger partial charge in [0.15, 0.2) is 5.16 Å². The molecular formula is C14H8FN3OS2. The Morgan fingerprint density at radius 3 is 3.00 bits per heavy atom. The Kier molecular flexibility index (Phi) is 3.49. The second-order valence-electron chi connectivity index (χ2n) is 4.20. The maximum absolute atomic E-state index is 14.1. The number of thioether (sulfide) groups is 1. The number of aromatic amines is 1. The lowest BCUT2D eigenvalue weighted by Gasteiger charge is -2.06. The second-order valence-corrected chi connectivity index (χ2v) is 5.94. The van der Waals surface area contributed by atoms with E-state index in [1.807, 2.05) is 6.07 Å². The normalized spacial score (nSPS) is 10.7. The minimum absolute atomic E-state index is 0.108. The highest BCUT2D eigenvalue weighted by Crippen LogP contribution is 2.30. The summed E-state index contributed by atoms with van der Waals surface area (Å²) >= 11 is 2.65. The molecule has 21 heavy (non-hydrogen) atoms. The first-order valence-corrected chi connectivity index (χ1v) is 8.00. The third-order valence-electron chi connectivity index (χ3n) is 3.00. The highest BCUT2D eigenvalue weighted by Gasteiger charge is 2.15. The Balaban J connectivity index is 2.34. The Morgan fingerprint density at radius 2 is 2.29 bits per heavy atom. The summed E-state index contributed by atoms with van der Waals surface area (Å²) in [6.07, 6.45) is 1.76. The van der Waals surface area contributed by atoms with Crippen LogP contribution in [0.2, 0.25) is 0 Å². The van der Waals surface area contributed by atoms with E-state index in [0.29, 0.717) is 16.1 Å². The van der Waals surface area contributed by atoms with Crippen LogP contribution in [0.3, 0.4) is 0 Å². The molecule has 0 radical (unpaired) electrons. The number of fused-ring (bicyclic) bond motifs is 1. The molecular weight excluding hydrogens is 309 g/mol. The van der Waals surface area contributed by atoms with Crippen LogP contribution in [0.1, 0.15) is 5.56 Å². The van der Waals surface area contributed by atoms with E-state index in [1.54, 1.807) is 23.8 Å². The van der Waals surface area contributed by atoms with Gasteiger partial charge in [-0.05, 0) is 29.8 Å². The van der Waals surface area contributed by atoms with Crippen LogP contribution in [0.25, 0.3) is 21.3 Å². The molecule has 104 valence electrons. The van der Waals surface area contributed by atoms with Gasteiger partial charge in [0.25, 0.3) is 5.56 Å². The van der Waals surface area contributed by atoms with Crippen molar-refractivity contribution in [1.82, 2.24) is 9.97 Å². The van der Waals surface area contributed by atoms with Gasteiger partial charge >= 0.3 is 0 Å². The Labute approximate surface area is 127 Å². The fourth-order valence-electron chi connectivity index (χ4n) is 2.03. The van der Waals surface area contributed by atoms with Crippen LogP contribution in [0.5, 0.6) is 0 Å². The van der Waals surface area contributed by atoms with E-state index >= 15 is 0 Å². The molecule has 0 saturated carbocycles. The van der Waals surface area contributed by atoms with Crippen LogP contribution in [0, 0.1) is 17.1 Å². The summed E-state index contributed by atoms with van der Waals surface area (Å²) in [5.74, 6) is -0.388. The quantitative estimate of drug-likeness (QED) is 0.581. The monoisotopic (exact) mass is 317 g/mol. The van der Waals surface area contributed by atoms with Gasteiger partial charge in [0.1, 0.15) is 17.4 Å². The van der Waals surface area contributed by atoms with Crippen LogP contribution in [0.15, 0.2) is 33.5 Å². The number of hydrogen-bond donors (Lipinski definition) is 1. The minimum atomic E-state index is -0.515. The minimum Gasteiger partial charge on any atom is -0.300 e. The maximum Gasteiger partial charge on any atom is 0.270 e. The van der Waals surface area contributed by atoms with Crippen LogP contribution in [-0.2, 0) is 0 Å². The van der Waals surface area contributed by atoms with Gasteiger partial charge in [0, 0.05) is 15.6 Å². The van der Waals surface area contributed by atoms with Crippen molar-refractivity contribution < 1.29 is 4.39 Å². The van der Waals surface area contributed by atoms with Crippen LogP contribution in [-0.4, -0.2) is 16.2 Å². The summed E-state index contributed by atoms with van der Waals surface area (Å²) in [5.41, 5.74) is 0.0156. The smallest absolute Gasteiger partial charge is 0.270 e. The molecule has 1 aromatic carbocycles. The van der Waals surface area contributed by atoms with Crippen molar-refractivity contribution in [3.05, 3.63) is 45.3 Å². The third-order valence-corrected chi connectivity index (χ3v) is 4.44. The molecule has 0 amide bonds. The fraction of sp³-hybridized carbons (Fsp3) is 0.0714. The molecule has 0 bridgehead atoms. The number of nitriles is 1. The SMILES string of the molecule is CSc1nc(-c2cc(F)c3ccsc3c2)c(C#N)c(=O)[nH]1. The predicted octanol–water partition coefficient (Wildman–Crippen LogP) is 3.38. The van der Waals surface area contributed by atoms with Crippen molar-refractivity contribution in [2.75, 3.05) is 6.26 Å². The molecule has 1 N–H and O–H groups in total. The average molecular weight is 317 g/mol. The van der Waals surface area contributed by atoms with Gasteiger partial charge in [-0.2, -0.15) is 5.26 Å². The van der Waals surface area contributed by atoms with Crippen molar-refractivity contribution in [2.45, 2.75) is 5.16 Å². The zero-order valence-corrected chi connectivity index (χ0v) is 12.4. The summed E-state index contributed by atoms with van der Waals surface area (Å²) in [6.45, 7) is 0. The molecule has 2 heterocycles.